The molecular formula is C24H24FN5O3. The molecule has 2 aromatic carbocycles. The number of rotatable bonds is 8. The summed E-state index contributed by atoms with van der Waals surface area (Å²) in [4.78, 5) is 29.8. The molecular weight excluding hydrogens is 425 g/mol. The number of methoxy groups -OCH3 is 1. The SMILES string of the molecule is COc1cccc(CCNC(=O)CCn2c(C)nc3c(cnn3-c3ccc(F)cc3)c2=O)c1. The summed E-state index contributed by atoms with van der Waals surface area (Å²) in [6.45, 7) is 2.41. The molecule has 0 aliphatic rings. The number of halogens is 1. The second-order valence-corrected chi connectivity index (χ2v) is 7.59. The summed E-state index contributed by atoms with van der Waals surface area (Å²) in [7, 11) is 1.62. The van der Waals surface area contributed by atoms with E-state index in [-0.39, 0.29) is 30.2 Å². The van der Waals surface area contributed by atoms with Gasteiger partial charge in [-0.25, -0.2) is 14.1 Å². The number of benzene rings is 2. The van der Waals surface area contributed by atoms with Crippen molar-refractivity contribution in [2.75, 3.05) is 13.7 Å². The van der Waals surface area contributed by atoms with E-state index in [9.17, 15) is 14.0 Å². The lowest BCUT2D eigenvalue weighted by atomic mass is 10.1. The number of nitrogens with one attached hydrogen (secondary N) is 1. The summed E-state index contributed by atoms with van der Waals surface area (Å²) in [5.74, 6) is 0.745. The lowest BCUT2D eigenvalue weighted by Gasteiger charge is -2.11. The highest BCUT2D eigenvalue weighted by Crippen LogP contribution is 2.15. The Morgan fingerprint density at radius 2 is 1.97 bits per heavy atom. The summed E-state index contributed by atoms with van der Waals surface area (Å²) in [5, 5.41) is 7.46. The number of carbonyl (C=O) groups is 1. The third-order valence-electron chi connectivity index (χ3n) is 5.38. The monoisotopic (exact) mass is 449 g/mol. The maximum Gasteiger partial charge on any atom is 0.264 e. The van der Waals surface area contributed by atoms with Crippen LogP contribution >= 0.6 is 0 Å². The van der Waals surface area contributed by atoms with Gasteiger partial charge < -0.3 is 10.1 Å². The molecule has 2 aromatic heterocycles. The molecule has 0 saturated heterocycles. The van der Waals surface area contributed by atoms with Crippen molar-refractivity contribution in [1.29, 1.82) is 0 Å². The van der Waals surface area contributed by atoms with Crippen LogP contribution in [0, 0.1) is 12.7 Å². The van der Waals surface area contributed by atoms with E-state index in [0.29, 0.717) is 35.5 Å². The molecule has 0 fully saturated rings. The van der Waals surface area contributed by atoms with Gasteiger partial charge in [0.15, 0.2) is 5.65 Å². The first-order valence-electron chi connectivity index (χ1n) is 10.6. The summed E-state index contributed by atoms with van der Waals surface area (Å²) in [6.07, 6.45) is 2.27. The van der Waals surface area contributed by atoms with Gasteiger partial charge in [-0.3, -0.25) is 14.2 Å². The molecule has 1 amide bonds. The van der Waals surface area contributed by atoms with Crippen molar-refractivity contribution >= 4 is 16.9 Å². The molecule has 33 heavy (non-hydrogen) atoms. The molecule has 0 aliphatic heterocycles. The van der Waals surface area contributed by atoms with Gasteiger partial charge in [0.1, 0.15) is 22.8 Å². The summed E-state index contributed by atoms with van der Waals surface area (Å²) in [6, 6.07) is 13.5. The largest absolute Gasteiger partial charge is 0.497 e. The minimum absolute atomic E-state index is 0.147. The van der Waals surface area contributed by atoms with Crippen LogP contribution in [0.15, 0.2) is 59.5 Å². The first kappa shape index (κ1) is 22.2. The van der Waals surface area contributed by atoms with Crippen LogP contribution in [0.3, 0.4) is 0 Å². The second-order valence-electron chi connectivity index (χ2n) is 7.59. The van der Waals surface area contributed by atoms with Gasteiger partial charge in [-0.1, -0.05) is 12.1 Å². The molecule has 170 valence electrons. The van der Waals surface area contributed by atoms with Crippen molar-refractivity contribution < 1.29 is 13.9 Å². The number of aryl methyl sites for hydroxylation is 1. The molecule has 0 unspecified atom stereocenters. The number of ether oxygens (including phenoxy) is 1. The molecule has 4 rings (SSSR count). The zero-order valence-corrected chi connectivity index (χ0v) is 18.4. The van der Waals surface area contributed by atoms with Gasteiger partial charge in [-0.15, -0.1) is 0 Å². The quantitative estimate of drug-likeness (QED) is 0.447. The Morgan fingerprint density at radius 3 is 2.73 bits per heavy atom. The van der Waals surface area contributed by atoms with Crippen molar-refractivity contribution in [2.24, 2.45) is 0 Å². The van der Waals surface area contributed by atoms with Crippen LogP contribution in [0.1, 0.15) is 17.8 Å². The fourth-order valence-electron chi connectivity index (χ4n) is 3.62. The highest BCUT2D eigenvalue weighted by atomic mass is 19.1. The minimum atomic E-state index is -0.358. The van der Waals surface area contributed by atoms with Gasteiger partial charge in [0.2, 0.25) is 5.91 Å². The normalized spacial score (nSPS) is 11.0. The smallest absolute Gasteiger partial charge is 0.264 e. The van der Waals surface area contributed by atoms with E-state index in [2.05, 4.69) is 15.4 Å². The summed E-state index contributed by atoms with van der Waals surface area (Å²) < 4.78 is 21.4. The predicted octanol–water partition coefficient (Wildman–Crippen LogP) is 2.79. The summed E-state index contributed by atoms with van der Waals surface area (Å²) in [5.41, 5.74) is 1.79. The Balaban J connectivity index is 1.41. The highest BCUT2D eigenvalue weighted by molar-refractivity contribution is 5.76. The molecule has 0 radical (unpaired) electrons. The molecule has 0 saturated carbocycles. The maximum atomic E-state index is 13.2. The number of hydrogen-bond donors (Lipinski definition) is 1. The Hall–Kier alpha value is -4.01. The third-order valence-corrected chi connectivity index (χ3v) is 5.38. The molecule has 4 aromatic rings. The Labute approximate surface area is 189 Å². The van der Waals surface area contributed by atoms with Gasteiger partial charge >= 0.3 is 0 Å². The molecule has 0 atom stereocenters. The van der Waals surface area contributed by atoms with Gasteiger partial charge in [0, 0.05) is 19.5 Å². The zero-order chi connectivity index (χ0) is 23.4. The van der Waals surface area contributed by atoms with E-state index in [0.717, 1.165) is 11.3 Å². The fraction of sp³-hybridized carbons (Fsp3) is 0.250. The number of nitrogens with zero attached hydrogens (tertiary/aromatic N) is 4. The van der Waals surface area contributed by atoms with Crippen molar-refractivity contribution in [1.82, 2.24) is 24.6 Å². The van der Waals surface area contributed by atoms with E-state index < -0.39 is 0 Å². The molecule has 0 aliphatic carbocycles. The molecule has 1 N–H and O–H groups in total. The van der Waals surface area contributed by atoms with Gasteiger partial charge in [0.05, 0.1) is 19.0 Å². The zero-order valence-electron chi connectivity index (χ0n) is 18.4. The summed E-state index contributed by atoms with van der Waals surface area (Å²) >= 11 is 0. The van der Waals surface area contributed by atoms with Crippen LogP contribution in [-0.4, -0.2) is 38.9 Å². The standard InChI is InChI=1S/C24H24FN5O3/c1-16-28-23-21(15-27-30(23)19-8-6-18(25)7-9-19)24(32)29(16)13-11-22(31)26-12-10-17-4-3-5-20(14-17)33-2/h3-9,14-15H,10-13H2,1-2H3,(H,26,31). The van der Waals surface area contributed by atoms with Crippen LogP contribution in [0.25, 0.3) is 16.7 Å². The average Bonchev–Trinajstić information content (AvgIpc) is 3.23. The Kier molecular flexibility index (Phi) is 6.48. The van der Waals surface area contributed by atoms with E-state index >= 15 is 0 Å². The van der Waals surface area contributed by atoms with E-state index in [4.69, 9.17) is 4.74 Å². The van der Waals surface area contributed by atoms with Crippen molar-refractivity contribution in [2.45, 2.75) is 26.3 Å². The average molecular weight is 449 g/mol. The number of carbonyl (C=O) groups excluding carboxylic acids is 1. The van der Waals surface area contributed by atoms with E-state index in [1.807, 2.05) is 24.3 Å². The van der Waals surface area contributed by atoms with Gasteiger partial charge in [-0.05, 0) is 55.3 Å². The highest BCUT2D eigenvalue weighted by Gasteiger charge is 2.15. The van der Waals surface area contributed by atoms with Gasteiger partial charge in [0.25, 0.3) is 5.56 Å². The molecule has 0 bridgehead atoms. The van der Waals surface area contributed by atoms with Crippen molar-refractivity contribution in [3.05, 3.63) is 82.3 Å². The molecule has 8 nitrogen and oxygen atoms in total. The molecule has 9 heteroatoms. The minimum Gasteiger partial charge on any atom is -0.497 e. The van der Waals surface area contributed by atoms with Crippen LogP contribution in [-0.2, 0) is 17.8 Å². The lowest BCUT2D eigenvalue weighted by Crippen LogP contribution is -2.30. The topological polar surface area (TPSA) is 91.0 Å². The van der Waals surface area contributed by atoms with Crippen LogP contribution in [0.2, 0.25) is 0 Å². The van der Waals surface area contributed by atoms with Crippen molar-refractivity contribution in [3.63, 3.8) is 0 Å². The van der Waals surface area contributed by atoms with E-state index in [1.165, 1.54) is 27.6 Å². The maximum absolute atomic E-state index is 13.2. The Morgan fingerprint density at radius 1 is 1.18 bits per heavy atom. The predicted molar refractivity (Wildman–Crippen MR) is 122 cm³/mol. The van der Waals surface area contributed by atoms with Crippen molar-refractivity contribution in [3.8, 4) is 11.4 Å². The Bertz CT molecular complexity index is 1340. The second kappa shape index (κ2) is 9.64. The first-order valence-corrected chi connectivity index (χ1v) is 10.6. The van der Waals surface area contributed by atoms with Crippen LogP contribution in [0.5, 0.6) is 5.75 Å². The lowest BCUT2D eigenvalue weighted by molar-refractivity contribution is -0.121. The molecule has 0 spiro atoms. The number of hydrogen-bond acceptors (Lipinski definition) is 5. The van der Waals surface area contributed by atoms with E-state index in [1.54, 1.807) is 26.2 Å². The van der Waals surface area contributed by atoms with Crippen LogP contribution < -0.4 is 15.6 Å². The van der Waals surface area contributed by atoms with Gasteiger partial charge in [-0.2, -0.15) is 5.10 Å². The number of amides is 1. The number of aromatic nitrogens is 4. The molecule has 2 heterocycles. The number of fused-ring (bicyclic) bond motifs is 1. The fourth-order valence-corrected chi connectivity index (χ4v) is 3.62. The van der Waals surface area contributed by atoms with Crippen LogP contribution in [0.4, 0.5) is 4.39 Å². The first-order chi connectivity index (χ1) is 16.0. The third kappa shape index (κ3) is 4.92.